The molecule has 0 atom stereocenters. The van der Waals surface area contributed by atoms with Gasteiger partial charge in [-0.3, -0.25) is 4.79 Å². The Kier molecular flexibility index (Phi) is 6.02. The highest BCUT2D eigenvalue weighted by Crippen LogP contribution is 2.27. The normalized spacial score (nSPS) is 23.6. The monoisotopic (exact) mass is 296 g/mol. The largest absolute Gasteiger partial charge is 0.354 e. The Bertz CT molecular complexity index is 331. The van der Waals surface area contributed by atoms with Gasteiger partial charge in [-0.05, 0) is 58.8 Å². The van der Waals surface area contributed by atoms with Gasteiger partial charge < -0.3 is 20.9 Å². The fourth-order valence-electron chi connectivity index (χ4n) is 3.40. The van der Waals surface area contributed by atoms with Gasteiger partial charge in [-0.25, -0.2) is 0 Å². The van der Waals surface area contributed by atoms with Crippen LogP contribution in [0.25, 0.3) is 0 Å². The van der Waals surface area contributed by atoms with E-state index < -0.39 is 5.54 Å². The van der Waals surface area contributed by atoms with E-state index in [1.807, 2.05) is 0 Å². The number of nitrogens with two attached hydrogens (primary N) is 1. The van der Waals surface area contributed by atoms with Gasteiger partial charge in [-0.2, -0.15) is 0 Å². The smallest absolute Gasteiger partial charge is 0.240 e. The van der Waals surface area contributed by atoms with Crippen LogP contribution in [0.4, 0.5) is 0 Å². The molecular formula is C16H32N4O. The van der Waals surface area contributed by atoms with Crippen LogP contribution in [0.15, 0.2) is 0 Å². The van der Waals surface area contributed by atoms with E-state index in [-0.39, 0.29) is 5.91 Å². The average molecular weight is 296 g/mol. The number of nitrogens with zero attached hydrogens (tertiary/aromatic N) is 2. The van der Waals surface area contributed by atoms with Gasteiger partial charge >= 0.3 is 0 Å². The molecule has 3 N–H and O–H groups in total. The highest BCUT2D eigenvalue weighted by molar-refractivity contribution is 5.86. The molecule has 0 aromatic heterocycles. The first-order valence-electron chi connectivity index (χ1n) is 8.44. The van der Waals surface area contributed by atoms with Crippen LogP contribution in [0.3, 0.4) is 0 Å². The molecule has 21 heavy (non-hydrogen) atoms. The third kappa shape index (κ3) is 4.94. The van der Waals surface area contributed by atoms with E-state index in [1.165, 1.54) is 12.8 Å². The molecule has 0 aromatic carbocycles. The van der Waals surface area contributed by atoms with Crippen molar-refractivity contribution in [3.63, 3.8) is 0 Å². The summed E-state index contributed by atoms with van der Waals surface area (Å²) in [5.41, 5.74) is 5.61. The minimum Gasteiger partial charge on any atom is -0.354 e. The maximum absolute atomic E-state index is 12.2. The number of rotatable bonds is 6. The maximum atomic E-state index is 12.2. The number of likely N-dealkylation sites (N-methyl/N-ethyl adjacent to an activating group) is 1. The molecule has 1 heterocycles. The molecule has 5 heteroatoms. The molecule has 2 fully saturated rings. The molecule has 0 bridgehead atoms. The highest BCUT2D eigenvalue weighted by Gasteiger charge is 2.37. The first-order chi connectivity index (χ1) is 9.99. The lowest BCUT2D eigenvalue weighted by Crippen LogP contribution is -2.53. The quantitative estimate of drug-likeness (QED) is 0.755. The number of carbonyl (C=O) groups is 1. The molecule has 0 radical (unpaired) electrons. The summed E-state index contributed by atoms with van der Waals surface area (Å²) in [7, 11) is 4.24. The zero-order valence-electron chi connectivity index (χ0n) is 13.7. The second-order valence-corrected chi connectivity index (χ2v) is 7.16. The number of nitrogens with one attached hydrogen (secondary N) is 1. The van der Waals surface area contributed by atoms with E-state index in [0.29, 0.717) is 5.92 Å². The van der Waals surface area contributed by atoms with Crippen molar-refractivity contribution in [2.24, 2.45) is 11.7 Å². The molecule has 122 valence electrons. The number of hydrogen-bond acceptors (Lipinski definition) is 4. The average Bonchev–Trinajstić information content (AvgIpc) is 2.92. The molecule has 1 aliphatic heterocycles. The molecule has 2 rings (SSSR count). The predicted molar refractivity (Wildman–Crippen MR) is 86.1 cm³/mol. The van der Waals surface area contributed by atoms with Crippen molar-refractivity contribution < 1.29 is 4.79 Å². The first-order valence-corrected chi connectivity index (χ1v) is 8.44. The van der Waals surface area contributed by atoms with Crippen LogP contribution in [0.2, 0.25) is 0 Å². The Morgan fingerprint density at radius 3 is 2.48 bits per heavy atom. The van der Waals surface area contributed by atoms with Crippen molar-refractivity contribution in [2.75, 3.05) is 46.8 Å². The van der Waals surface area contributed by atoms with Gasteiger partial charge in [0.2, 0.25) is 5.91 Å². The Morgan fingerprint density at radius 2 is 1.90 bits per heavy atom. The van der Waals surface area contributed by atoms with Gasteiger partial charge in [0.15, 0.2) is 0 Å². The van der Waals surface area contributed by atoms with E-state index in [9.17, 15) is 4.79 Å². The highest BCUT2D eigenvalue weighted by atomic mass is 16.2. The number of amides is 1. The van der Waals surface area contributed by atoms with E-state index in [0.717, 1.165) is 58.4 Å². The lowest BCUT2D eigenvalue weighted by molar-refractivity contribution is -0.126. The number of hydrogen-bond donors (Lipinski definition) is 2. The fourth-order valence-corrected chi connectivity index (χ4v) is 3.40. The Hall–Kier alpha value is -0.650. The van der Waals surface area contributed by atoms with Crippen LogP contribution in [0.5, 0.6) is 0 Å². The van der Waals surface area contributed by atoms with E-state index in [2.05, 4.69) is 29.2 Å². The molecule has 1 saturated carbocycles. The molecule has 1 amide bonds. The van der Waals surface area contributed by atoms with Crippen LogP contribution in [0.1, 0.15) is 38.5 Å². The van der Waals surface area contributed by atoms with Crippen molar-refractivity contribution >= 4 is 5.91 Å². The van der Waals surface area contributed by atoms with Gasteiger partial charge in [0, 0.05) is 19.6 Å². The molecular weight excluding hydrogens is 264 g/mol. The van der Waals surface area contributed by atoms with Crippen LogP contribution in [0, 0.1) is 5.92 Å². The molecule has 0 aromatic rings. The van der Waals surface area contributed by atoms with Crippen molar-refractivity contribution in [2.45, 2.75) is 44.1 Å². The third-order valence-electron chi connectivity index (χ3n) is 5.07. The molecule has 5 nitrogen and oxygen atoms in total. The molecule has 1 aliphatic carbocycles. The van der Waals surface area contributed by atoms with Crippen LogP contribution in [-0.2, 0) is 4.79 Å². The lowest BCUT2D eigenvalue weighted by Gasteiger charge is -2.33. The Labute approximate surface area is 129 Å². The Balaban J connectivity index is 1.63. The van der Waals surface area contributed by atoms with E-state index in [4.69, 9.17) is 5.73 Å². The van der Waals surface area contributed by atoms with Crippen LogP contribution < -0.4 is 11.1 Å². The minimum absolute atomic E-state index is 0.0787. The predicted octanol–water partition coefficient (Wildman–Crippen LogP) is 0.648. The van der Waals surface area contributed by atoms with Gasteiger partial charge in [0.25, 0.3) is 0 Å². The van der Waals surface area contributed by atoms with Crippen LogP contribution >= 0.6 is 0 Å². The summed E-state index contributed by atoms with van der Waals surface area (Å²) in [4.78, 5) is 17.0. The first kappa shape index (κ1) is 16.7. The summed E-state index contributed by atoms with van der Waals surface area (Å²) < 4.78 is 0. The van der Waals surface area contributed by atoms with Gasteiger partial charge in [0.1, 0.15) is 0 Å². The summed E-state index contributed by atoms with van der Waals surface area (Å²) in [6.45, 7) is 5.39. The van der Waals surface area contributed by atoms with Gasteiger partial charge in [-0.15, -0.1) is 0 Å². The van der Waals surface area contributed by atoms with Crippen molar-refractivity contribution in [3.05, 3.63) is 0 Å². The zero-order chi connectivity index (χ0) is 15.3. The SMILES string of the molecule is CN(C)CCN1CCC(CNC(=O)C2(N)CCCC2)CC1. The molecule has 0 unspecified atom stereocenters. The number of carbonyl (C=O) groups excluding carboxylic acids is 1. The lowest BCUT2D eigenvalue weighted by atomic mass is 9.94. The maximum Gasteiger partial charge on any atom is 0.240 e. The van der Waals surface area contributed by atoms with E-state index >= 15 is 0 Å². The standard InChI is InChI=1S/C16H32N4O/c1-19(2)11-12-20-9-5-14(6-10-20)13-18-15(21)16(17)7-3-4-8-16/h14H,3-13,17H2,1-2H3,(H,18,21). The molecule has 1 saturated heterocycles. The van der Waals surface area contributed by atoms with Crippen molar-refractivity contribution in [1.82, 2.24) is 15.1 Å². The number of likely N-dealkylation sites (tertiary alicyclic amines) is 1. The summed E-state index contributed by atoms with van der Waals surface area (Å²) in [5, 5.41) is 3.11. The van der Waals surface area contributed by atoms with E-state index in [1.54, 1.807) is 0 Å². The van der Waals surface area contributed by atoms with Gasteiger partial charge in [0.05, 0.1) is 5.54 Å². The summed E-state index contributed by atoms with van der Waals surface area (Å²) >= 11 is 0. The molecule has 2 aliphatic rings. The summed E-state index contributed by atoms with van der Waals surface area (Å²) in [5.74, 6) is 0.699. The fraction of sp³-hybridized carbons (Fsp3) is 0.938. The number of piperidine rings is 1. The third-order valence-corrected chi connectivity index (χ3v) is 5.07. The topological polar surface area (TPSA) is 61.6 Å². The van der Waals surface area contributed by atoms with Gasteiger partial charge in [-0.1, -0.05) is 12.8 Å². The second-order valence-electron chi connectivity index (χ2n) is 7.16. The van der Waals surface area contributed by atoms with Crippen LogP contribution in [-0.4, -0.2) is 68.1 Å². The Morgan fingerprint density at radius 1 is 1.29 bits per heavy atom. The van der Waals surface area contributed by atoms with Crippen molar-refractivity contribution in [1.29, 1.82) is 0 Å². The zero-order valence-corrected chi connectivity index (χ0v) is 13.7. The van der Waals surface area contributed by atoms with Crippen molar-refractivity contribution in [3.8, 4) is 0 Å². The summed E-state index contributed by atoms with van der Waals surface area (Å²) in [6.07, 6.45) is 6.25. The molecule has 0 spiro atoms. The minimum atomic E-state index is -0.577. The second kappa shape index (κ2) is 7.56. The summed E-state index contributed by atoms with van der Waals surface area (Å²) in [6, 6.07) is 0.